The molecule has 0 saturated heterocycles. The summed E-state index contributed by atoms with van der Waals surface area (Å²) in [6.45, 7) is 0. The lowest BCUT2D eigenvalue weighted by Crippen LogP contribution is -2.21. The fraction of sp³-hybridized carbons (Fsp3) is 0. The first-order chi connectivity index (χ1) is 12.8. The first kappa shape index (κ1) is 21.4. The number of aliphatic carboxylic acids is 1. The number of aromatic nitrogens is 2. The van der Waals surface area contributed by atoms with Crippen LogP contribution in [-0.2, 0) is 9.59 Å². The molecule has 6 N–H and O–H groups in total. The summed E-state index contributed by atoms with van der Waals surface area (Å²) < 4.78 is 0. The van der Waals surface area contributed by atoms with E-state index in [1.165, 1.54) is 6.20 Å². The molecular weight excluding hydrogens is 427 g/mol. The molecule has 0 atom stereocenters. The van der Waals surface area contributed by atoms with Crippen LogP contribution in [0, 0.1) is 0 Å². The van der Waals surface area contributed by atoms with Crippen molar-refractivity contribution in [3.05, 3.63) is 58.8 Å². The molecule has 0 radical (unpaired) electrons. The molecule has 0 aliphatic carbocycles. The third kappa shape index (κ3) is 4.69. The lowest BCUT2D eigenvalue weighted by atomic mass is 10.2. The highest BCUT2D eigenvalue weighted by molar-refractivity contribution is 6.37. The van der Waals surface area contributed by atoms with Crippen LogP contribution in [0.2, 0.25) is 10.0 Å². The molecule has 0 fully saturated rings. The number of carboxylic acids is 1. The Bertz CT molecular complexity index is 1150. The highest BCUT2D eigenvalue weighted by atomic mass is 35.5. The van der Waals surface area contributed by atoms with E-state index >= 15 is 0 Å². The van der Waals surface area contributed by atoms with E-state index in [1.807, 2.05) is 18.2 Å². The largest absolute Gasteiger partial charge is 0.474 e. The molecule has 10 heteroatoms. The van der Waals surface area contributed by atoms with Gasteiger partial charge < -0.3 is 26.1 Å². The summed E-state index contributed by atoms with van der Waals surface area (Å²) in [4.78, 5) is 27.3. The summed E-state index contributed by atoms with van der Waals surface area (Å²) in [5, 5.41) is 13.6. The van der Waals surface area contributed by atoms with Crippen LogP contribution < -0.4 is 11.1 Å². The monoisotopic (exact) mass is 440 g/mol. The number of carbonyl (C=O) groups is 2. The van der Waals surface area contributed by atoms with Crippen LogP contribution in [0.25, 0.3) is 21.8 Å². The van der Waals surface area contributed by atoms with E-state index in [0.717, 1.165) is 22.1 Å². The van der Waals surface area contributed by atoms with Crippen molar-refractivity contribution >= 4 is 80.7 Å². The van der Waals surface area contributed by atoms with Crippen molar-refractivity contribution in [3.8, 4) is 0 Å². The van der Waals surface area contributed by atoms with Crippen molar-refractivity contribution in [1.29, 1.82) is 0 Å². The van der Waals surface area contributed by atoms with Gasteiger partial charge >= 0.3 is 11.9 Å². The van der Waals surface area contributed by atoms with E-state index in [-0.39, 0.29) is 12.4 Å². The zero-order valence-corrected chi connectivity index (χ0v) is 16.5. The third-order valence-electron chi connectivity index (χ3n) is 3.76. The van der Waals surface area contributed by atoms with Gasteiger partial charge in [-0.1, -0.05) is 23.2 Å². The maximum absolute atomic E-state index is 11.0. The summed E-state index contributed by atoms with van der Waals surface area (Å²) in [6.07, 6.45) is 3.28. The van der Waals surface area contributed by atoms with Crippen LogP contribution >= 0.6 is 35.6 Å². The SMILES string of the molecule is Cl.Nc1c[nH]c2ccc(Cl)cc12.O=C(O)C(=O)Nc1c[nH]c2ccc(Cl)cc12. The highest BCUT2D eigenvalue weighted by Gasteiger charge is 2.13. The fourth-order valence-electron chi connectivity index (χ4n) is 2.49. The second-order valence-electron chi connectivity index (χ2n) is 5.59. The normalized spacial score (nSPS) is 10.1. The molecule has 0 saturated carbocycles. The Morgan fingerprint density at radius 1 is 0.929 bits per heavy atom. The smallest absolute Gasteiger partial charge is 0.394 e. The van der Waals surface area contributed by atoms with Crippen LogP contribution in [-0.4, -0.2) is 27.0 Å². The zero-order valence-electron chi connectivity index (χ0n) is 14.1. The molecule has 2 aromatic heterocycles. The Hall–Kier alpha value is -2.87. The molecule has 0 aliphatic rings. The van der Waals surface area contributed by atoms with E-state index in [9.17, 15) is 9.59 Å². The molecule has 7 nitrogen and oxygen atoms in total. The third-order valence-corrected chi connectivity index (χ3v) is 4.23. The molecule has 28 heavy (non-hydrogen) atoms. The minimum absolute atomic E-state index is 0. The molecular formula is C18H15Cl3N4O3. The summed E-state index contributed by atoms with van der Waals surface area (Å²) in [5.41, 5.74) is 8.58. The minimum Gasteiger partial charge on any atom is -0.474 e. The minimum atomic E-state index is -1.53. The summed E-state index contributed by atoms with van der Waals surface area (Å²) >= 11 is 11.6. The van der Waals surface area contributed by atoms with Crippen molar-refractivity contribution in [3.63, 3.8) is 0 Å². The number of hydrogen-bond donors (Lipinski definition) is 5. The topological polar surface area (TPSA) is 124 Å². The molecule has 0 spiro atoms. The maximum Gasteiger partial charge on any atom is 0.394 e. The average molecular weight is 442 g/mol. The number of amides is 1. The van der Waals surface area contributed by atoms with Crippen molar-refractivity contribution in [1.82, 2.24) is 9.97 Å². The standard InChI is InChI=1S/C10H7ClN2O3.C8H7ClN2.ClH/c11-5-1-2-7-6(3-5)8(4-12-7)13-9(14)10(15)16;9-5-1-2-8-6(3-5)7(10)4-11-8;/h1-4,12H,(H,13,14)(H,15,16);1-4,11H,10H2;1H. The number of nitrogens with one attached hydrogen (secondary N) is 3. The number of aromatic amines is 2. The van der Waals surface area contributed by atoms with E-state index in [4.69, 9.17) is 34.0 Å². The van der Waals surface area contributed by atoms with Crippen LogP contribution in [0.3, 0.4) is 0 Å². The van der Waals surface area contributed by atoms with Crippen LogP contribution in [0.1, 0.15) is 0 Å². The second kappa shape index (κ2) is 8.88. The summed E-state index contributed by atoms with van der Waals surface area (Å²) in [6, 6.07) is 10.7. The molecule has 4 aromatic rings. The Morgan fingerprint density at radius 2 is 1.46 bits per heavy atom. The van der Waals surface area contributed by atoms with Gasteiger partial charge in [-0.2, -0.15) is 0 Å². The molecule has 0 unspecified atom stereocenters. The van der Waals surface area contributed by atoms with E-state index in [2.05, 4.69) is 15.3 Å². The van der Waals surface area contributed by atoms with E-state index < -0.39 is 11.9 Å². The molecule has 146 valence electrons. The summed E-state index contributed by atoms with van der Waals surface area (Å²) in [7, 11) is 0. The van der Waals surface area contributed by atoms with Crippen LogP contribution in [0.15, 0.2) is 48.8 Å². The molecule has 2 heterocycles. The Morgan fingerprint density at radius 3 is 2.07 bits per heavy atom. The number of carbonyl (C=O) groups excluding carboxylic acids is 1. The summed E-state index contributed by atoms with van der Waals surface area (Å²) in [5.74, 6) is -2.61. The number of rotatable bonds is 1. The Labute approximate surface area is 175 Å². The van der Waals surface area contributed by atoms with Crippen molar-refractivity contribution in [2.75, 3.05) is 11.1 Å². The number of H-pyrrole nitrogens is 2. The number of halogens is 3. The van der Waals surface area contributed by atoms with Gasteiger partial charge in [0.1, 0.15) is 0 Å². The molecule has 0 aliphatic heterocycles. The molecule has 4 rings (SSSR count). The van der Waals surface area contributed by atoms with Crippen molar-refractivity contribution in [2.45, 2.75) is 0 Å². The van der Waals surface area contributed by atoms with Gasteiger partial charge in [-0.25, -0.2) is 4.79 Å². The number of hydrogen-bond acceptors (Lipinski definition) is 3. The van der Waals surface area contributed by atoms with Crippen LogP contribution in [0.4, 0.5) is 11.4 Å². The Balaban J connectivity index is 0.000000205. The molecule has 1 amide bonds. The number of nitrogen functional groups attached to an aromatic ring is 1. The number of anilines is 2. The van der Waals surface area contributed by atoms with Gasteiger partial charge in [0, 0.05) is 44.2 Å². The number of nitrogens with two attached hydrogens (primary N) is 1. The maximum atomic E-state index is 11.0. The van der Waals surface area contributed by atoms with Gasteiger partial charge in [-0.15, -0.1) is 12.4 Å². The first-order valence-electron chi connectivity index (χ1n) is 7.68. The van der Waals surface area contributed by atoms with Gasteiger partial charge in [-0.05, 0) is 36.4 Å². The van der Waals surface area contributed by atoms with E-state index in [0.29, 0.717) is 21.1 Å². The second-order valence-corrected chi connectivity index (χ2v) is 6.46. The van der Waals surface area contributed by atoms with Crippen molar-refractivity contribution in [2.24, 2.45) is 0 Å². The molecule has 2 aromatic carbocycles. The molecule has 0 bridgehead atoms. The van der Waals surface area contributed by atoms with Gasteiger partial charge in [-0.3, -0.25) is 4.79 Å². The van der Waals surface area contributed by atoms with Gasteiger partial charge in [0.25, 0.3) is 0 Å². The number of carboxylic acid groups (broad SMARTS) is 1. The quantitative estimate of drug-likeness (QED) is 0.275. The van der Waals surface area contributed by atoms with Gasteiger partial charge in [0.15, 0.2) is 0 Å². The van der Waals surface area contributed by atoms with Gasteiger partial charge in [0.2, 0.25) is 0 Å². The predicted octanol–water partition coefficient (Wildman–Crippen LogP) is 4.67. The number of benzene rings is 2. The number of fused-ring (bicyclic) bond motifs is 2. The lowest BCUT2D eigenvalue weighted by molar-refractivity contribution is -0.147. The lowest BCUT2D eigenvalue weighted by Gasteiger charge is -1.99. The average Bonchev–Trinajstić information content (AvgIpc) is 3.19. The van der Waals surface area contributed by atoms with Crippen molar-refractivity contribution < 1.29 is 14.7 Å². The Kier molecular flexibility index (Phi) is 6.80. The van der Waals surface area contributed by atoms with Gasteiger partial charge in [0.05, 0.1) is 11.4 Å². The highest BCUT2D eigenvalue weighted by Crippen LogP contribution is 2.26. The van der Waals surface area contributed by atoms with Crippen LogP contribution in [0.5, 0.6) is 0 Å². The predicted molar refractivity (Wildman–Crippen MR) is 115 cm³/mol. The van der Waals surface area contributed by atoms with E-state index in [1.54, 1.807) is 24.4 Å². The zero-order chi connectivity index (χ0) is 19.6. The first-order valence-corrected chi connectivity index (χ1v) is 8.44. The fourth-order valence-corrected chi connectivity index (χ4v) is 2.83.